The number of fused-ring (bicyclic) bond motifs is 4. The van der Waals surface area contributed by atoms with Crippen LogP contribution in [0.5, 0.6) is 0 Å². The van der Waals surface area contributed by atoms with Gasteiger partial charge in [0.05, 0.1) is 24.5 Å². The fourth-order valence-corrected chi connectivity index (χ4v) is 8.32. The zero-order valence-electron chi connectivity index (χ0n) is 32.9. The van der Waals surface area contributed by atoms with Crippen molar-refractivity contribution < 1.29 is 43.2 Å². The lowest BCUT2D eigenvalue weighted by Crippen LogP contribution is -2.60. The van der Waals surface area contributed by atoms with Gasteiger partial charge in [-0.15, -0.1) is 0 Å². The molecular formula is C38H52N10O9S. The molecule has 3 aliphatic rings. The highest BCUT2D eigenvalue weighted by Gasteiger charge is 2.42. The molecule has 0 aliphatic carbocycles. The summed E-state index contributed by atoms with van der Waals surface area (Å²) >= 11 is 0.828. The number of carbonyl (C=O) groups excluding carboxylic acids is 9. The molecule has 20 heteroatoms. The van der Waals surface area contributed by atoms with Crippen molar-refractivity contribution in [3.05, 3.63) is 29.8 Å². The monoisotopic (exact) mass is 824 g/mol. The first-order valence-corrected chi connectivity index (χ1v) is 20.4. The molecule has 314 valence electrons. The Bertz CT molecular complexity index is 1960. The highest BCUT2D eigenvalue weighted by Crippen LogP contribution is 2.33. The van der Waals surface area contributed by atoms with E-state index in [2.05, 4.69) is 42.2 Å². The van der Waals surface area contributed by atoms with Gasteiger partial charge in [0.1, 0.15) is 30.2 Å². The molecule has 1 saturated heterocycles. The van der Waals surface area contributed by atoms with E-state index in [1.807, 2.05) is 6.92 Å². The zero-order valence-corrected chi connectivity index (χ0v) is 33.7. The number of aromatic amines is 1. The van der Waals surface area contributed by atoms with Gasteiger partial charge in [-0.3, -0.25) is 43.2 Å². The van der Waals surface area contributed by atoms with E-state index in [9.17, 15) is 43.2 Å². The molecule has 1 fully saturated rings. The number of carbonyl (C=O) groups is 9. The minimum atomic E-state index is -1.54. The average Bonchev–Trinajstić information content (AvgIpc) is 3.82. The van der Waals surface area contributed by atoms with Gasteiger partial charge in [-0.1, -0.05) is 70.5 Å². The van der Waals surface area contributed by atoms with Crippen LogP contribution in [-0.2, 0) is 49.6 Å². The second kappa shape index (κ2) is 19.2. The van der Waals surface area contributed by atoms with Gasteiger partial charge >= 0.3 is 0 Å². The third kappa shape index (κ3) is 10.3. The summed E-state index contributed by atoms with van der Waals surface area (Å²) in [6.07, 6.45) is 0.703. The predicted octanol–water partition coefficient (Wildman–Crippen LogP) is -1.60. The van der Waals surface area contributed by atoms with Crippen LogP contribution in [0.3, 0.4) is 0 Å². The molecule has 9 amide bonds. The predicted molar refractivity (Wildman–Crippen MR) is 211 cm³/mol. The number of nitrogens with two attached hydrogens (primary N) is 1. The molecule has 2 bridgehead atoms. The molecule has 4 heterocycles. The lowest BCUT2D eigenvalue weighted by molar-refractivity contribution is -0.143. The van der Waals surface area contributed by atoms with Crippen molar-refractivity contribution in [1.82, 2.24) is 47.1 Å². The summed E-state index contributed by atoms with van der Waals surface area (Å²) in [4.78, 5) is 128. The van der Waals surface area contributed by atoms with Crippen molar-refractivity contribution in [2.75, 3.05) is 19.6 Å². The Morgan fingerprint density at radius 3 is 2.10 bits per heavy atom. The number of amides is 9. The van der Waals surface area contributed by atoms with Gasteiger partial charge in [-0.05, 0) is 36.3 Å². The van der Waals surface area contributed by atoms with Crippen molar-refractivity contribution in [3.8, 4) is 0 Å². The lowest BCUT2D eigenvalue weighted by atomic mass is 9.96. The van der Waals surface area contributed by atoms with Crippen LogP contribution in [0.2, 0.25) is 0 Å². The lowest BCUT2D eigenvalue weighted by Gasteiger charge is -2.31. The molecule has 2 aromatic rings. The normalized spacial score (nSPS) is 26.9. The van der Waals surface area contributed by atoms with E-state index in [0.717, 1.165) is 11.8 Å². The number of thioether (sulfide) groups is 1. The molecule has 1 aromatic carbocycles. The van der Waals surface area contributed by atoms with Crippen molar-refractivity contribution in [2.45, 2.75) is 107 Å². The van der Waals surface area contributed by atoms with Gasteiger partial charge in [-0.2, -0.15) is 0 Å². The van der Waals surface area contributed by atoms with E-state index in [-0.39, 0.29) is 19.4 Å². The minimum absolute atomic E-state index is 0.0999. The number of H-pyrrole nitrogens is 1. The van der Waals surface area contributed by atoms with Crippen LogP contribution in [0, 0.1) is 11.8 Å². The summed E-state index contributed by atoms with van der Waals surface area (Å²) in [5, 5.41) is 17.8. The van der Waals surface area contributed by atoms with Crippen LogP contribution in [0.1, 0.15) is 65.4 Å². The quantitative estimate of drug-likeness (QED) is 0.161. The smallest absolute Gasteiger partial charge is 0.254 e. The van der Waals surface area contributed by atoms with Crippen molar-refractivity contribution >= 4 is 75.8 Å². The summed E-state index contributed by atoms with van der Waals surface area (Å²) in [5.74, 6) is -7.75. The highest BCUT2D eigenvalue weighted by atomic mass is 32.2. The molecule has 10 N–H and O–H groups in total. The fraction of sp³-hybridized carbons (Fsp3) is 0.553. The molecule has 0 saturated carbocycles. The third-order valence-electron chi connectivity index (χ3n) is 10.9. The Balaban J connectivity index is 1.68. The number of aromatic nitrogens is 1. The second-order valence-electron chi connectivity index (χ2n) is 15.0. The van der Waals surface area contributed by atoms with Crippen molar-refractivity contribution in [1.29, 1.82) is 0 Å². The second-order valence-corrected chi connectivity index (χ2v) is 16.1. The van der Waals surface area contributed by atoms with Gasteiger partial charge in [0.2, 0.25) is 47.3 Å². The first-order chi connectivity index (χ1) is 27.6. The van der Waals surface area contributed by atoms with E-state index >= 15 is 0 Å². The third-order valence-corrected chi connectivity index (χ3v) is 12.0. The fourth-order valence-electron chi connectivity index (χ4n) is 7.21. The summed E-state index contributed by atoms with van der Waals surface area (Å²) in [6.45, 7) is 6.04. The van der Waals surface area contributed by atoms with Gasteiger partial charge < -0.3 is 52.8 Å². The molecule has 19 nitrogen and oxygen atoms in total. The highest BCUT2D eigenvalue weighted by molar-refractivity contribution is 8.00. The SMILES string of the molecule is CC[C@H](C)[C@@H]1NC(=O)CNC(=O)[C@@H]2Cc3c([nH]c4ccccc34)S[C@H](NC(=O)CNC1=O)C(=O)N[C@@H](CC(N)=O)C(=O)N1CCCC1C(=O)N[C@@H]([C@@H](C)CC)C(=O)N2. The maximum atomic E-state index is 14.3. The molecule has 0 spiro atoms. The number of primary amides is 1. The Kier molecular flexibility index (Phi) is 14.4. The number of nitrogens with one attached hydrogen (secondary N) is 8. The number of hydrogen-bond donors (Lipinski definition) is 9. The number of hydrogen-bond acceptors (Lipinski definition) is 10. The van der Waals surface area contributed by atoms with Crippen molar-refractivity contribution in [2.24, 2.45) is 17.6 Å². The Hall–Kier alpha value is -5.66. The first-order valence-electron chi connectivity index (χ1n) is 19.5. The standard InChI is InChI=1S/C38H52N10O9S/c1-5-18(3)29-33(54)41-17-28(51)46-37-35(56)43-24(15-26(39)49)38(57)48-13-9-12-25(48)32(53)47-30(19(4)6-2)34(55)42-23(31(52)40-16-27(50)45-29)14-21-20-10-7-8-11-22(20)44-36(21)58-37/h7-8,10-11,18-19,23-25,29-30,37,44H,5-6,9,12-17H2,1-4H3,(H2,39,49)(H,40,52)(H,41,54)(H,42,55)(H,43,56)(H,45,50)(H,46,51)(H,47,53)/t18-,19-,23-,24-,25?,29-,30-,37-/m0/s1. The van der Waals surface area contributed by atoms with Gasteiger partial charge in [0.15, 0.2) is 5.37 Å². The molecule has 8 atom stereocenters. The molecule has 5 rings (SSSR count). The number of para-hydroxylation sites is 1. The maximum absolute atomic E-state index is 14.3. The van der Waals surface area contributed by atoms with E-state index in [0.29, 0.717) is 40.8 Å². The summed E-state index contributed by atoms with van der Waals surface area (Å²) in [5.41, 5.74) is 6.58. The van der Waals surface area contributed by atoms with Gasteiger partial charge in [-0.25, -0.2) is 0 Å². The van der Waals surface area contributed by atoms with E-state index in [1.54, 1.807) is 45.0 Å². The Morgan fingerprint density at radius 2 is 1.43 bits per heavy atom. The topological polar surface area (TPSA) is 283 Å². The van der Waals surface area contributed by atoms with Crippen LogP contribution < -0.4 is 43.0 Å². The number of benzene rings is 1. The Morgan fingerprint density at radius 1 is 0.793 bits per heavy atom. The van der Waals surface area contributed by atoms with Crippen LogP contribution in [-0.4, -0.2) is 118 Å². The molecule has 1 unspecified atom stereocenters. The summed E-state index contributed by atoms with van der Waals surface area (Å²) in [6, 6.07) is 0.774. The Labute approximate surface area is 339 Å². The molecule has 0 radical (unpaired) electrons. The molecular weight excluding hydrogens is 773 g/mol. The van der Waals surface area contributed by atoms with E-state index in [1.165, 1.54) is 4.90 Å². The minimum Gasteiger partial charge on any atom is -0.370 e. The van der Waals surface area contributed by atoms with Crippen LogP contribution in [0.15, 0.2) is 29.3 Å². The first kappa shape index (κ1) is 43.5. The zero-order chi connectivity index (χ0) is 42.3. The van der Waals surface area contributed by atoms with E-state index < -0.39 is 120 Å². The summed E-state index contributed by atoms with van der Waals surface area (Å²) in [7, 11) is 0. The average molecular weight is 825 g/mol. The summed E-state index contributed by atoms with van der Waals surface area (Å²) < 4.78 is 0. The maximum Gasteiger partial charge on any atom is 0.254 e. The van der Waals surface area contributed by atoms with Crippen molar-refractivity contribution in [3.63, 3.8) is 0 Å². The van der Waals surface area contributed by atoms with Crippen LogP contribution >= 0.6 is 11.8 Å². The van der Waals surface area contributed by atoms with Crippen LogP contribution in [0.25, 0.3) is 10.9 Å². The number of rotatable bonds is 6. The van der Waals surface area contributed by atoms with E-state index in [4.69, 9.17) is 5.73 Å². The molecule has 1 aromatic heterocycles. The largest absolute Gasteiger partial charge is 0.370 e. The van der Waals surface area contributed by atoms with Gasteiger partial charge in [0, 0.05) is 23.9 Å². The number of nitrogens with zero attached hydrogens (tertiary/aromatic N) is 1. The van der Waals surface area contributed by atoms with Gasteiger partial charge in [0.25, 0.3) is 5.91 Å². The van der Waals surface area contributed by atoms with Crippen LogP contribution in [0.4, 0.5) is 0 Å². The molecule has 58 heavy (non-hydrogen) atoms. The molecule has 3 aliphatic heterocycles.